The van der Waals surface area contributed by atoms with E-state index in [0.29, 0.717) is 32.3 Å². The summed E-state index contributed by atoms with van der Waals surface area (Å²) in [4.78, 5) is 11.5. The van der Waals surface area contributed by atoms with Crippen LogP contribution in [0.5, 0.6) is 0 Å². The van der Waals surface area contributed by atoms with Crippen LogP contribution in [0.15, 0.2) is 0 Å². The lowest BCUT2D eigenvalue weighted by molar-refractivity contribution is -0.202. The summed E-state index contributed by atoms with van der Waals surface area (Å²) in [5.74, 6) is -0.550. The number of aliphatic hydroxyl groups is 2. The molecule has 1 rings (SSSR count). The van der Waals surface area contributed by atoms with E-state index in [1.165, 1.54) is 0 Å². The Morgan fingerprint density at radius 1 is 1.43 bits per heavy atom. The van der Waals surface area contributed by atoms with Crippen molar-refractivity contribution >= 4 is 5.97 Å². The second kappa shape index (κ2) is 7.42. The average molecular weight is 313 g/mol. The monoisotopic (exact) mass is 313 g/mol. The molecule has 0 radical (unpaired) electrons. The first-order valence-corrected chi connectivity index (χ1v) is 7.02. The molecule has 0 amide bonds. The smallest absolute Gasteiger partial charge is 0.415 e. The zero-order valence-corrected chi connectivity index (χ0v) is 11.9. The van der Waals surface area contributed by atoms with Crippen LogP contribution in [0.4, 0.5) is 13.2 Å². The molecule has 1 unspecified atom stereocenters. The van der Waals surface area contributed by atoms with E-state index in [-0.39, 0.29) is 18.4 Å². The predicted molar refractivity (Wildman–Crippen MR) is 68.5 cm³/mol. The van der Waals surface area contributed by atoms with E-state index in [4.69, 9.17) is 9.84 Å². The Labute approximate surface area is 121 Å². The Kier molecular flexibility index (Phi) is 6.42. The number of hydrogen-bond donors (Lipinski definition) is 3. The minimum absolute atomic E-state index is 0.0459. The van der Waals surface area contributed by atoms with Gasteiger partial charge in [-0.15, -0.1) is 0 Å². The molecule has 8 heteroatoms. The lowest BCUT2D eigenvalue weighted by Crippen LogP contribution is -2.48. The first-order valence-electron chi connectivity index (χ1n) is 7.02. The SMILES string of the molecule is CCOC(=O)C1CCC(O)(CNCC(O)C(F)(F)F)CC1. The molecule has 1 aliphatic carbocycles. The zero-order valence-electron chi connectivity index (χ0n) is 11.9. The van der Waals surface area contributed by atoms with Gasteiger partial charge in [0.05, 0.1) is 18.1 Å². The maximum atomic E-state index is 12.1. The number of esters is 1. The zero-order chi connectivity index (χ0) is 16.1. The van der Waals surface area contributed by atoms with Crippen LogP contribution in [0.25, 0.3) is 0 Å². The predicted octanol–water partition coefficient (Wildman–Crippen LogP) is 0.984. The molecular formula is C13H22F3NO4. The second-order valence-corrected chi connectivity index (χ2v) is 5.44. The fourth-order valence-corrected chi connectivity index (χ4v) is 2.39. The number of hydrogen-bond acceptors (Lipinski definition) is 5. The van der Waals surface area contributed by atoms with Crippen LogP contribution >= 0.6 is 0 Å². The molecule has 1 saturated carbocycles. The fraction of sp³-hybridized carbons (Fsp3) is 0.923. The molecule has 1 aliphatic rings. The molecule has 124 valence electrons. The Morgan fingerprint density at radius 3 is 2.48 bits per heavy atom. The molecule has 0 aromatic rings. The highest BCUT2D eigenvalue weighted by Gasteiger charge is 2.39. The quantitative estimate of drug-likeness (QED) is 0.637. The third-order valence-electron chi connectivity index (χ3n) is 3.71. The van der Waals surface area contributed by atoms with Crippen LogP contribution in [-0.2, 0) is 9.53 Å². The molecule has 21 heavy (non-hydrogen) atoms. The highest BCUT2D eigenvalue weighted by Crippen LogP contribution is 2.32. The Balaban J connectivity index is 2.33. The molecule has 0 aliphatic heterocycles. The first kappa shape index (κ1) is 18.2. The summed E-state index contributed by atoms with van der Waals surface area (Å²) >= 11 is 0. The highest BCUT2D eigenvalue weighted by atomic mass is 19.4. The summed E-state index contributed by atoms with van der Waals surface area (Å²) in [6.45, 7) is 1.31. The number of carbonyl (C=O) groups excluding carboxylic acids is 1. The van der Waals surface area contributed by atoms with Crippen molar-refractivity contribution in [3.05, 3.63) is 0 Å². The summed E-state index contributed by atoms with van der Waals surface area (Å²) in [5.41, 5.74) is -1.14. The number of alkyl halides is 3. The second-order valence-electron chi connectivity index (χ2n) is 5.44. The number of ether oxygens (including phenoxy) is 1. The van der Waals surface area contributed by atoms with Gasteiger partial charge in [-0.25, -0.2) is 0 Å². The summed E-state index contributed by atoms with van der Waals surface area (Å²) < 4.78 is 41.3. The van der Waals surface area contributed by atoms with Gasteiger partial charge in [0, 0.05) is 13.1 Å². The summed E-state index contributed by atoms with van der Waals surface area (Å²) in [7, 11) is 0. The highest BCUT2D eigenvalue weighted by molar-refractivity contribution is 5.72. The van der Waals surface area contributed by atoms with Gasteiger partial charge in [-0.1, -0.05) is 0 Å². The molecule has 0 aromatic heterocycles. The third kappa shape index (κ3) is 5.80. The standard InChI is InChI=1S/C13H22F3NO4/c1-2-21-11(19)9-3-5-12(20,6-4-9)8-17-7-10(18)13(14,15)16/h9-10,17-18,20H,2-8H2,1H3. The van der Waals surface area contributed by atoms with Gasteiger partial charge >= 0.3 is 12.1 Å². The maximum Gasteiger partial charge on any atom is 0.415 e. The van der Waals surface area contributed by atoms with E-state index < -0.39 is 24.4 Å². The average Bonchev–Trinajstić information content (AvgIpc) is 2.38. The van der Waals surface area contributed by atoms with Crippen molar-refractivity contribution in [3.63, 3.8) is 0 Å². The topological polar surface area (TPSA) is 78.8 Å². The molecule has 3 N–H and O–H groups in total. The van der Waals surface area contributed by atoms with Gasteiger partial charge in [0.25, 0.3) is 0 Å². The lowest BCUT2D eigenvalue weighted by Gasteiger charge is -2.35. The van der Waals surface area contributed by atoms with Gasteiger partial charge in [-0.3, -0.25) is 4.79 Å². The van der Waals surface area contributed by atoms with Crippen molar-refractivity contribution in [2.45, 2.75) is 50.5 Å². The largest absolute Gasteiger partial charge is 0.466 e. The van der Waals surface area contributed by atoms with Gasteiger partial charge in [-0.05, 0) is 32.6 Å². The molecule has 0 bridgehead atoms. The van der Waals surface area contributed by atoms with Crippen molar-refractivity contribution in [1.82, 2.24) is 5.32 Å². The van der Waals surface area contributed by atoms with Gasteiger partial charge in [0.1, 0.15) is 0 Å². The van der Waals surface area contributed by atoms with E-state index in [9.17, 15) is 23.1 Å². The maximum absolute atomic E-state index is 12.1. The minimum atomic E-state index is -4.67. The van der Waals surface area contributed by atoms with E-state index in [0.717, 1.165) is 0 Å². The van der Waals surface area contributed by atoms with Crippen molar-refractivity contribution in [2.75, 3.05) is 19.7 Å². The number of carbonyl (C=O) groups is 1. The van der Waals surface area contributed by atoms with E-state index >= 15 is 0 Å². The van der Waals surface area contributed by atoms with Gasteiger partial charge < -0.3 is 20.3 Å². The van der Waals surface area contributed by atoms with Crippen molar-refractivity contribution in [1.29, 1.82) is 0 Å². The summed E-state index contributed by atoms with van der Waals surface area (Å²) in [5, 5.41) is 21.5. The van der Waals surface area contributed by atoms with Crippen LogP contribution in [0, 0.1) is 5.92 Å². The van der Waals surface area contributed by atoms with Crippen LogP contribution in [0.3, 0.4) is 0 Å². The van der Waals surface area contributed by atoms with Gasteiger partial charge in [0.15, 0.2) is 6.10 Å². The van der Waals surface area contributed by atoms with Crippen LogP contribution in [0.1, 0.15) is 32.6 Å². The molecule has 1 atom stereocenters. The van der Waals surface area contributed by atoms with Crippen molar-refractivity contribution < 1.29 is 32.9 Å². The number of rotatable bonds is 6. The molecule has 0 spiro atoms. The van der Waals surface area contributed by atoms with Crippen LogP contribution in [-0.4, -0.2) is 53.8 Å². The van der Waals surface area contributed by atoms with E-state index in [2.05, 4.69) is 5.32 Å². The molecule has 0 saturated heterocycles. The number of halogens is 3. The van der Waals surface area contributed by atoms with Gasteiger partial charge in [-0.2, -0.15) is 13.2 Å². The lowest BCUT2D eigenvalue weighted by atomic mass is 9.79. The normalized spacial score (nSPS) is 28.2. The van der Waals surface area contributed by atoms with Crippen molar-refractivity contribution in [2.24, 2.45) is 5.92 Å². The van der Waals surface area contributed by atoms with Crippen LogP contribution < -0.4 is 5.32 Å². The Hall–Kier alpha value is -0.860. The summed E-state index contributed by atoms with van der Waals surface area (Å²) in [6.07, 6.45) is -5.61. The molecule has 0 heterocycles. The Morgan fingerprint density at radius 2 is 2.00 bits per heavy atom. The van der Waals surface area contributed by atoms with Gasteiger partial charge in [0.2, 0.25) is 0 Å². The minimum Gasteiger partial charge on any atom is -0.466 e. The molecule has 1 fully saturated rings. The summed E-state index contributed by atoms with van der Waals surface area (Å²) in [6, 6.07) is 0. The Bertz CT molecular complexity index is 341. The van der Waals surface area contributed by atoms with Crippen LogP contribution in [0.2, 0.25) is 0 Å². The van der Waals surface area contributed by atoms with E-state index in [1.54, 1.807) is 6.92 Å². The fourth-order valence-electron chi connectivity index (χ4n) is 2.39. The molecule has 5 nitrogen and oxygen atoms in total. The third-order valence-corrected chi connectivity index (χ3v) is 3.71. The van der Waals surface area contributed by atoms with Crippen molar-refractivity contribution in [3.8, 4) is 0 Å². The number of aliphatic hydroxyl groups excluding tert-OH is 1. The molecular weight excluding hydrogens is 291 g/mol. The molecule has 0 aromatic carbocycles. The first-order chi connectivity index (χ1) is 9.68. The van der Waals surface area contributed by atoms with E-state index in [1.807, 2.05) is 0 Å². The number of nitrogens with one attached hydrogen (secondary N) is 1.